The van der Waals surface area contributed by atoms with Crippen LogP contribution in [0.15, 0.2) is 12.0 Å². The zero-order chi connectivity index (χ0) is 16.8. The van der Waals surface area contributed by atoms with E-state index in [1.807, 2.05) is 4.90 Å². The Hall–Kier alpha value is -0.300. The molecule has 0 aromatic heterocycles. The minimum atomic E-state index is -3.35. The highest BCUT2D eigenvalue weighted by Gasteiger charge is 2.46. The molecule has 23 heavy (non-hydrogen) atoms. The van der Waals surface area contributed by atoms with Gasteiger partial charge < -0.3 is 4.90 Å². The molecule has 1 saturated carbocycles. The lowest BCUT2D eigenvalue weighted by atomic mass is 9.87. The Kier molecular flexibility index (Phi) is 4.98. The maximum absolute atomic E-state index is 12.7. The molecule has 5 unspecified atom stereocenters. The number of alkyl halides is 2. The number of carbonyl (C=O) groups is 1. The SMILES string of the molecule is C=CS(=O)(=O)N1CC2CN(C(=O)C3CCC(Cl)C(Cl)C3)CC2C1. The van der Waals surface area contributed by atoms with Crippen LogP contribution < -0.4 is 0 Å². The third kappa shape index (κ3) is 3.41. The van der Waals surface area contributed by atoms with Crippen LogP contribution in [0.25, 0.3) is 0 Å². The summed E-state index contributed by atoms with van der Waals surface area (Å²) in [5.41, 5.74) is 0. The molecule has 3 fully saturated rings. The molecule has 5 nitrogen and oxygen atoms in total. The molecule has 0 aromatic carbocycles. The minimum Gasteiger partial charge on any atom is -0.342 e. The Morgan fingerprint density at radius 1 is 1.04 bits per heavy atom. The van der Waals surface area contributed by atoms with Gasteiger partial charge in [0.2, 0.25) is 15.9 Å². The fourth-order valence-corrected chi connectivity index (χ4v) is 5.58. The topological polar surface area (TPSA) is 57.7 Å². The Morgan fingerprint density at radius 3 is 2.17 bits per heavy atom. The molecule has 130 valence electrons. The van der Waals surface area contributed by atoms with Crippen LogP contribution in [-0.2, 0) is 14.8 Å². The molecular weight excluding hydrogens is 359 g/mol. The van der Waals surface area contributed by atoms with E-state index in [0.29, 0.717) is 32.6 Å². The number of fused-ring (bicyclic) bond motifs is 1. The van der Waals surface area contributed by atoms with Crippen LogP contribution >= 0.6 is 23.2 Å². The highest BCUT2D eigenvalue weighted by atomic mass is 35.5. The summed E-state index contributed by atoms with van der Waals surface area (Å²) in [5.74, 6) is 0.570. The molecule has 5 atom stereocenters. The molecular formula is C15H22Cl2N2O3S. The van der Waals surface area contributed by atoms with Gasteiger partial charge in [0.1, 0.15) is 0 Å². The zero-order valence-corrected chi connectivity index (χ0v) is 15.2. The van der Waals surface area contributed by atoms with Crippen molar-refractivity contribution in [3.05, 3.63) is 12.0 Å². The molecule has 0 N–H and O–H groups in total. The van der Waals surface area contributed by atoms with Crippen LogP contribution in [0.1, 0.15) is 19.3 Å². The molecule has 0 bridgehead atoms. The van der Waals surface area contributed by atoms with Crippen molar-refractivity contribution in [2.75, 3.05) is 26.2 Å². The quantitative estimate of drug-likeness (QED) is 0.702. The zero-order valence-electron chi connectivity index (χ0n) is 12.9. The van der Waals surface area contributed by atoms with Crippen LogP contribution in [0.4, 0.5) is 0 Å². The van der Waals surface area contributed by atoms with E-state index in [-0.39, 0.29) is 34.4 Å². The molecule has 3 aliphatic rings. The summed E-state index contributed by atoms with van der Waals surface area (Å²) in [6.45, 7) is 5.61. The standard InChI is InChI=1S/C15H22Cl2N2O3S/c1-2-23(21,22)19-8-11-6-18(7-12(11)9-19)15(20)10-3-4-13(16)14(17)5-10/h2,10-14H,1,3-9H2. The van der Waals surface area contributed by atoms with Gasteiger partial charge in [0.05, 0.1) is 5.38 Å². The smallest absolute Gasteiger partial charge is 0.235 e. The van der Waals surface area contributed by atoms with Gasteiger partial charge >= 0.3 is 0 Å². The van der Waals surface area contributed by atoms with E-state index < -0.39 is 10.0 Å². The van der Waals surface area contributed by atoms with Gasteiger partial charge in [-0.2, -0.15) is 4.31 Å². The van der Waals surface area contributed by atoms with E-state index >= 15 is 0 Å². The van der Waals surface area contributed by atoms with Gasteiger partial charge in [0, 0.05) is 42.9 Å². The van der Waals surface area contributed by atoms with Gasteiger partial charge in [-0.15, -0.1) is 23.2 Å². The van der Waals surface area contributed by atoms with E-state index in [1.165, 1.54) is 4.31 Å². The van der Waals surface area contributed by atoms with Crippen molar-refractivity contribution < 1.29 is 13.2 Å². The maximum atomic E-state index is 12.7. The van der Waals surface area contributed by atoms with Crippen molar-refractivity contribution in [3.8, 4) is 0 Å². The number of carbonyl (C=O) groups excluding carboxylic acids is 1. The predicted octanol–water partition coefficient (Wildman–Crippen LogP) is 1.86. The largest absolute Gasteiger partial charge is 0.342 e. The number of rotatable bonds is 3. The molecule has 0 spiro atoms. The number of likely N-dealkylation sites (tertiary alicyclic amines) is 1. The summed E-state index contributed by atoms with van der Waals surface area (Å²) in [4.78, 5) is 14.6. The first kappa shape index (κ1) is 17.5. The van der Waals surface area contributed by atoms with Crippen LogP contribution in [-0.4, -0.2) is 60.5 Å². The Labute approximate surface area is 147 Å². The summed E-state index contributed by atoms with van der Waals surface area (Å²) in [5, 5.41) is 0.813. The van der Waals surface area contributed by atoms with E-state index in [1.54, 1.807) is 0 Å². The van der Waals surface area contributed by atoms with E-state index in [9.17, 15) is 13.2 Å². The second-order valence-corrected chi connectivity index (χ2v) is 9.83. The minimum absolute atomic E-state index is 0.0423. The Morgan fingerprint density at radius 2 is 1.65 bits per heavy atom. The average molecular weight is 381 g/mol. The van der Waals surface area contributed by atoms with Crippen molar-refractivity contribution in [1.82, 2.24) is 9.21 Å². The summed E-state index contributed by atoms with van der Waals surface area (Å²) in [6.07, 6.45) is 2.20. The van der Waals surface area contributed by atoms with Crippen molar-refractivity contribution in [1.29, 1.82) is 0 Å². The van der Waals surface area contributed by atoms with E-state index in [0.717, 1.165) is 18.2 Å². The summed E-state index contributed by atoms with van der Waals surface area (Å²) in [6, 6.07) is 0. The van der Waals surface area contributed by atoms with Crippen LogP contribution in [0, 0.1) is 17.8 Å². The highest BCUT2D eigenvalue weighted by Crippen LogP contribution is 2.37. The Balaban J connectivity index is 1.58. The number of nitrogens with zero attached hydrogens (tertiary/aromatic N) is 2. The second-order valence-electron chi connectivity index (χ2n) is 6.83. The highest BCUT2D eigenvalue weighted by molar-refractivity contribution is 7.92. The van der Waals surface area contributed by atoms with Crippen molar-refractivity contribution in [2.24, 2.45) is 17.8 Å². The lowest BCUT2D eigenvalue weighted by Gasteiger charge is -2.31. The van der Waals surface area contributed by atoms with Crippen molar-refractivity contribution >= 4 is 39.1 Å². The third-order valence-electron chi connectivity index (χ3n) is 5.38. The van der Waals surface area contributed by atoms with Crippen LogP contribution in [0.5, 0.6) is 0 Å². The predicted molar refractivity (Wildman–Crippen MR) is 90.9 cm³/mol. The average Bonchev–Trinajstić information content (AvgIpc) is 3.08. The van der Waals surface area contributed by atoms with E-state index in [2.05, 4.69) is 6.58 Å². The normalized spacial score (nSPS) is 38.5. The number of hydrogen-bond acceptors (Lipinski definition) is 3. The van der Waals surface area contributed by atoms with Crippen molar-refractivity contribution in [2.45, 2.75) is 30.0 Å². The fourth-order valence-electron chi connectivity index (χ4n) is 4.00. The number of hydrogen-bond donors (Lipinski definition) is 0. The molecule has 1 aliphatic carbocycles. The maximum Gasteiger partial charge on any atom is 0.235 e. The monoisotopic (exact) mass is 380 g/mol. The van der Waals surface area contributed by atoms with E-state index in [4.69, 9.17) is 23.2 Å². The first-order chi connectivity index (χ1) is 10.8. The first-order valence-electron chi connectivity index (χ1n) is 8.01. The molecule has 1 amide bonds. The van der Waals surface area contributed by atoms with Crippen molar-refractivity contribution in [3.63, 3.8) is 0 Å². The lowest BCUT2D eigenvalue weighted by molar-refractivity contribution is -0.135. The summed E-state index contributed by atoms with van der Waals surface area (Å²) < 4.78 is 25.2. The molecule has 3 rings (SSSR count). The van der Waals surface area contributed by atoms with Crippen LogP contribution in [0.3, 0.4) is 0 Å². The molecule has 8 heteroatoms. The number of amides is 1. The molecule has 2 saturated heterocycles. The van der Waals surface area contributed by atoms with Gasteiger partial charge in [0.25, 0.3) is 0 Å². The lowest BCUT2D eigenvalue weighted by Crippen LogP contribution is -2.41. The fraction of sp³-hybridized carbons (Fsp3) is 0.800. The molecule has 0 radical (unpaired) electrons. The van der Waals surface area contributed by atoms with Gasteiger partial charge in [-0.25, -0.2) is 8.42 Å². The third-order valence-corrected chi connectivity index (χ3v) is 7.95. The summed E-state index contributed by atoms with van der Waals surface area (Å²) >= 11 is 12.3. The van der Waals surface area contributed by atoms with Gasteiger partial charge in [-0.3, -0.25) is 4.79 Å². The number of halogens is 2. The summed E-state index contributed by atoms with van der Waals surface area (Å²) in [7, 11) is -3.35. The second kappa shape index (κ2) is 6.54. The van der Waals surface area contributed by atoms with Gasteiger partial charge in [-0.1, -0.05) is 6.58 Å². The van der Waals surface area contributed by atoms with Gasteiger partial charge in [-0.05, 0) is 31.1 Å². The molecule has 2 aliphatic heterocycles. The first-order valence-corrected chi connectivity index (χ1v) is 10.4. The molecule has 2 heterocycles. The van der Waals surface area contributed by atoms with Crippen LogP contribution in [0.2, 0.25) is 0 Å². The molecule has 0 aromatic rings. The Bertz CT molecular complexity index is 584. The number of sulfonamides is 1. The van der Waals surface area contributed by atoms with Gasteiger partial charge in [0.15, 0.2) is 0 Å².